The minimum absolute atomic E-state index is 0.319. The number of esters is 2. The molecule has 3 heterocycles. The van der Waals surface area contributed by atoms with Gasteiger partial charge < -0.3 is 23.7 Å². The topological polar surface area (TPSA) is 80.3 Å². The monoisotopic (exact) mass is 326 g/mol. The Morgan fingerprint density at radius 1 is 1.13 bits per heavy atom. The number of hydrogen-bond acceptors (Lipinski definition) is 7. The van der Waals surface area contributed by atoms with Gasteiger partial charge in [-0.05, 0) is 12.8 Å². The zero-order valence-corrected chi connectivity index (χ0v) is 13.4. The van der Waals surface area contributed by atoms with E-state index in [1.54, 1.807) is 13.8 Å². The first-order chi connectivity index (χ1) is 11.0. The standard InChI is InChI=1S/C16H22O7/c1-8(2)13(17)20-11-9-10(19-14(11)18)12-15(21-9)23-16(22-12)6-4-3-5-7-16/h8-12,15H,3-7H2,1-2H3. The molecule has 3 saturated heterocycles. The van der Waals surface area contributed by atoms with Gasteiger partial charge in [0.25, 0.3) is 0 Å². The summed E-state index contributed by atoms with van der Waals surface area (Å²) in [6.45, 7) is 3.42. The molecule has 0 N–H and O–H groups in total. The summed E-state index contributed by atoms with van der Waals surface area (Å²) in [6.07, 6.45) is 1.71. The van der Waals surface area contributed by atoms with Crippen LogP contribution >= 0.6 is 0 Å². The molecule has 0 aromatic heterocycles. The van der Waals surface area contributed by atoms with Crippen LogP contribution in [0.15, 0.2) is 0 Å². The van der Waals surface area contributed by atoms with E-state index in [0.717, 1.165) is 25.7 Å². The molecule has 4 rings (SSSR count). The molecule has 5 atom stereocenters. The van der Waals surface area contributed by atoms with Crippen molar-refractivity contribution >= 4 is 11.9 Å². The van der Waals surface area contributed by atoms with Gasteiger partial charge in [-0.1, -0.05) is 20.3 Å². The van der Waals surface area contributed by atoms with Crippen LogP contribution in [0.4, 0.5) is 0 Å². The van der Waals surface area contributed by atoms with Crippen LogP contribution < -0.4 is 0 Å². The highest BCUT2D eigenvalue weighted by Crippen LogP contribution is 2.48. The van der Waals surface area contributed by atoms with Gasteiger partial charge in [0.1, 0.15) is 6.10 Å². The van der Waals surface area contributed by atoms with E-state index in [1.807, 2.05) is 0 Å². The SMILES string of the molecule is CC(C)C(=O)OC1C(=O)OC2C3OC4(CCCCC4)OC3OC12. The van der Waals surface area contributed by atoms with Crippen molar-refractivity contribution in [1.82, 2.24) is 0 Å². The van der Waals surface area contributed by atoms with E-state index in [-0.39, 0.29) is 5.92 Å². The van der Waals surface area contributed by atoms with Gasteiger partial charge in [-0.2, -0.15) is 0 Å². The van der Waals surface area contributed by atoms with Gasteiger partial charge in [0.15, 0.2) is 24.3 Å². The minimum Gasteiger partial charge on any atom is -0.454 e. The van der Waals surface area contributed by atoms with E-state index < -0.39 is 48.4 Å². The number of fused-ring (bicyclic) bond motifs is 3. The lowest BCUT2D eigenvalue weighted by atomic mass is 9.94. The zero-order valence-electron chi connectivity index (χ0n) is 13.4. The third kappa shape index (κ3) is 2.45. The van der Waals surface area contributed by atoms with Crippen LogP contribution in [0.5, 0.6) is 0 Å². The average Bonchev–Trinajstić information content (AvgIpc) is 3.10. The van der Waals surface area contributed by atoms with Gasteiger partial charge >= 0.3 is 11.9 Å². The summed E-state index contributed by atoms with van der Waals surface area (Å²) >= 11 is 0. The van der Waals surface area contributed by atoms with Crippen molar-refractivity contribution in [3.63, 3.8) is 0 Å². The van der Waals surface area contributed by atoms with E-state index in [1.165, 1.54) is 6.42 Å². The third-order valence-corrected chi connectivity index (χ3v) is 5.00. The highest BCUT2D eigenvalue weighted by Gasteiger charge is 2.65. The summed E-state index contributed by atoms with van der Waals surface area (Å²) in [6, 6.07) is 0. The molecule has 0 aromatic carbocycles. The first kappa shape index (κ1) is 15.4. The van der Waals surface area contributed by atoms with Gasteiger partial charge in [0.05, 0.1) is 5.92 Å². The molecule has 0 radical (unpaired) electrons. The Balaban J connectivity index is 1.46. The zero-order chi connectivity index (χ0) is 16.2. The Labute approximate surface area is 134 Å². The average molecular weight is 326 g/mol. The van der Waals surface area contributed by atoms with Crippen LogP contribution in [0, 0.1) is 5.92 Å². The molecule has 0 bridgehead atoms. The minimum atomic E-state index is -1.03. The van der Waals surface area contributed by atoms with Crippen LogP contribution in [0.25, 0.3) is 0 Å². The molecule has 1 aliphatic carbocycles. The molecule has 7 heteroatoms. The lowest BCUT2D eigenvalue weighted by Crippen LogP contribution is -2.40. The molecular weight excluding hydrogens is 304 g/mol. The first-order valence-electron chi connectivity index (χ1n) is 8.41. The summed E-state index contributed by atoms with van der Waals surface area (Å²) < 4.78 is 28.6. The van der Waals surface area contributed by atoms with Crippen molar-refractivity contribution in [2.24, 2.45) is 5.92 Å². The molecule has 1 spiro atoms. The molecule has 5 unspecified atom stereocenters. The van der Waals surface area contributed by atoms with E-state index in [9.17, 15) is 9.59 Å². The van der Waals surface area contributed by atoms with Crippen LogP contribution in [-0.4, -0.2) is 48.4 Å². The van der Waals surface area contributed by atoms with Crippen molar-refractivity contribution < 1.29 is 33.3 Å². The van der Waals surface area contributed by atoms with Crippen LogP contribution in [0.3, 0.4) is 0 Å². The summed E-state index contributed by atoms with van der Waals surface area (Å²) in [5, 5.41) is 0. The van der Waals surface area contributed by atoms with E-state index in [4.69, 9.17) is 23.7 Å². The molecule has 7 nitrogen and oxygen atoms in total. The number of hydrogen-bond donors (Lipinski definition) is 0. The molecular formula is C16H22O7. The summed E-state index contributed by atoms with van der Waals surface area (Å²) in [4.78, 5) is 23.8. The number of carbonyl (C=O) groups is 2. The lowest BCUT2D eigenvalue weighted by molar-refractivity contribution is -0.246. The predicted molar refractivity (Wildman–Crippen MR) is 75.0 cm³/mol. The molecule has 3 aliphatic heterocycles. The second-order valence-electron chi connectivity index (χ2n) is 7.05. The van der Waals surface area contributed by atoms with Crippen molar-refractivity contribution in [3.05, 3.63) is 0 Å². The Morgan fingerprint density at radius 3 is 2.57 bits per heavy atom. The second-order valence-corrected chi connectivity index (χ2v) is 7.05. The maximum absolute atomic E-state index is 12.0. The smallest absolute Gasteiger partial charge is 0.350 e. The molecule has 128 valence electrons. The van der Waals surface area contributed by atoms with Crippen molar-refractivity contribution in [3.8, 4) is 0 Å². The molecule has 0 amide bonds. The highest BCUT2D eigenvalue weighted by atomic mass is 16.9. The van der Waals surface area contributed by atoms with Crippen molar-refractivity contribution in [1.29, 1.82) is 0 Å². The van der Waals surface area contributed by atoms with Crippen molar-refractivity contribution in [2.75, 3.05) is 0 Å². The second kappa shape index (κ2) is 5.43. The number of rotatable bonds is 2. The van der Waals surface area contributed by atoms with E-state index in [2.05, 4.69) is 0 Å². The highest BCUT2D eigenvalue weighted by molar-refractivity contribution is 5.82. The molecule has 23 heavy (non-hydrogen) atoms. The molecule has 1 saturated carbocycles. The normalized spacial score (nSPS) is 41.0. The third-order valence-electron chi connectivity index (χ3n) is 5.00. The Bertz CT molecular complexity index is 511. The molecule has 4 aliphatic rings. The van der Waals surface area contributed by atoms with Crippen molar-refractivity contribution in [2.45, 2.75) is 82.4 Å². The Morgan fingerprint density at radius 2 is 1.87 bits per heavy atom. The fourth-order valence-electron chi connectivity index (χ4n) is 3.77. The molecule has 0 aromatic rings. The maximum Gasteiger partial charge on any atom is 0.350 e. The summed E-state index contributed by atoms with van der Waals surface area (Å²) in [7, 11) is 0. The first-order valence-corrected chi connectivity index (χ1v) is 8.41. The van der Waals surface area contributed by atoms with Gasteiger partial charge in [-0.3, -0.25) is 4.79 Å². The quantitative estimate of drug-likeness (QED) is 0.707. The van der Waals surface area contributed by atoms with Gasteiger partial charge in [0.2, 0.25) is 6.10 Å². The summed E-state index contributed by atoms with van der Waals surface area (Å²) in [5.41, 5.74) is 0. The predicted octanol–water partition coefficient (Wildman–Crippen LogP) is 1.28. The maximum atomic E-state index is 12.0. The molecule has 4 fully saturated rings. The Kier molecular flexibility index (Phi) is 3.62. The van der Waals surface area contributed by atoms with Crippen LogP contribution in [0.2, 0.25) is 0 Å². The van der Waals surface area contributed by atoms with Crippen LogP contribution in [-0.2, 0) is 33.3 Å². The number of ether oxygens (including phenoxy) is 5. The van der Waals surface area contributed by atoms with E-state index >= 15 is 0 Å². The number of carbonyl (C=O) groups excluding carboxylic acids is 2. The lowest BCUT2D eigenvalue weighted by Gasteiger charge is -2.33. The van der Waals surface area contributed by atoms with Gasteiger partial charge in [-0.15, -0.1) is 0 Å². The largest absolute Gasteiger partial charge is 0.454 e. The van der Waals surface area contributed by atoms with Crippen LogP contribution in [0.1, 0.15) is 46.0 Å². The fraction of sp³-hybridized carbons (Fsp3) is 0.875. The van der Waals surface area contributed by atoms with Gasteiger partial charge in [0, 0.05) is 12.8 Å². The Hall–Kier alpha value is -1.18. The van der Waals surface area contributed by atoms with E-state index in [0.29, 0.717) is 0 Å². The van der Waals surface area contributed by atoms with Gasteiger partial charge in [-0.25, -0.2) is 4.79 Å². The fourth-order valence-corrected chi connectivity index (χ4v) is 3.77. The summed E-state index contributed by atoms with van der Waals surface area (Å²) in [5.74, 6) is -1.93.